The molecule has 2 aliphatic heterocycles. The van der Waals surface area contributed by atoms with Crippen LogP contribution in [-0.4, -0.2) is 35.2 Å². The molecule has 0 saturated carbocycles. The lowest BCUT2D eigenvalue weighted by Crippen LogP contribution is -2.45. The lowest BCUT2D eigenvalue weighted by atomic mass is 9.97. The van der Waals surface area contributed by atoms with Gasteiger partial charge in [0.15, 0.2) is 0 Å². The van der Waals surface area contributed by atoms with Crippen molar-refractivity contribution < 1.29 is 9.52 Å². The van der Waals surface area contributed by atoms with Crippen molar-refractivity contribution in [2.75, 3.05) is 13.1 Å². The highest BCUT2D eigenvalue weighted by molar-refractivity contribution is 5.06. The number of fused-ring (bicyclic) bond motifs is 1. The van der Waals surface area contributed by atoms with Gasteiger partial charge in [-0.05, 0) is 50.9 Å². The third kappa shape index (κ3) is 2.60. The zero-order valence-electron chi connectivity index (χ0n) is 10.8. The molecule has 2 saturated heterocycles. The van der Waals surface area contributed by atoms with Crippen molar-refractivity contribution in [3.05, 3.63) is 23.7 Å². The molecule has 0 aliphatic carbocycles. The number of furan rings is 1. The molecular weight excluding hydrogens is 228 g/mol. The fourth-order valence-electron chi connectivity index (χ4n) is 3.26. The van der Waals surface area contributed by atoms with E-state index in [2.05, 4.69) is 10.2 Å². The number of hydrogen-bond donors (Lipinski definition) is 2. The summed E-state index contributed by atoms with van der Waals surface area (Å²) in [5.74, 6) is 1.57. The average molecular weight is 250 g/mol. The quantitative estimate of drug-likeness (QED) is 0.850. The molecule has 3 rings (SSSR count). The Morgan fingerprint density at radius 1 is 1.28 bits per heavy atom. The summed E-state index contributed by atoms with van der Waals surface area (Å²) < 4.78 is 5.49. The summed E-state index contributed by atoms with van der Waals surface area (Å²) in [5.41, 5.74) is 0. The fourth-order valence-corrected chi connectivity index (χ4v) is 3.26. The van der Waals surface area contributed by atoms with Gasteiger partial charge in [0, 0.05) is 12.1 Å². The minimum absolute atomic E-state index is 0.0134. The largest absolute Gasteiger partial charge is 0.462 e. The van der Waals surface area contributed by atoms with Crippen molar-refractivity contribution in [1.82, 2.24) is 10.2 Å². The molecule has 2 aliphatic rings. The molecular formula is C14H22N2O2. The maximum absolute atomic E-state index is 8.95. The van der Waals surface area contributed by atoms with Gasteiger partial charge < -0.3 is 19.7 Å². The van der Waals surface area contributed by atoms with Gasteiger partial charge in [-0.15, -0.1) is 0 Å². The van der Waals surface area contributed by atoms with E-state index in [9.17, 15) is 0 Å². The van der Waals surface area contributed by atoms with Gasteiger partial charge in [0.2, 0.25) is 0 Å². The molecule has 0 amide bonds. The lowest BCUT2D eigenvalue weighted by Gasteiger charge is -2.35. The summed E-state index contributed by atoms with van der Waals surface area (Å²) in [5, 5.41) is 12.5. The van der Waals surface area contributed by atoms with Crippen LogP contribution in [0.25, 0.3) is 0 Å². The number of rotatable bonds is 4. The first kappa shape index (κ1) is 12.2. The Labute approximate surface area is 108 Å². The van der Waals surface area contributed by atoms with Gasteiger partial charge in [-0.1, -0.05) is 0 Å². The Bertz CT molecular complexity index is 391. The van der Waals surface area contributed by atoms with E-state index in [0.29, 0.717) is 11.8 Å². The monoisotopic (exact) mass is 250 g/mol. The van der Waals surface area contributed by atoms with Gasteiger partial charge >= 0.3 is 0 Å². The Kier molecular flexibility index (Phi) is 3.68. The summed E-state index contributed by atoms with van der Waals surface area (Å²) in [6.07, 6.45) is 5.25. The maximum Gasteiger partial charge on any atom is 0.129 e. The molecule has 4 heteroatoms. The molecule has 3 heterocycles. The summed E-state index contributed by atoms with van der Waals surface area (Å²) in [7, 11) is 0. The van der Waals surface area contributed by atoms with E-state index in [0.717, 1.165) is 18.3 Å². The van der Waals surface area contributed by atoms with E-state index >= 15 is 0 Å². The number of aliphatic hydroxyl groups excluding tert-OH is 1. The normalized spacial score (nSPS) is 28.5. The van der Waals surface area contributed by atoms with Crippen molar-refractivity contribution in [3.63, 3.8) is 0 Å². The molecule has 0 aromatic carbocycles. The molecule has 2 atom stereocenters. The van der Waals surface area contributed by atoms with Crippen LogP contribution in [0.4, 0.5) is 0 Å². The average Bonchev–Trinajstić information content (AvgIpc) is 3.04. The maximum atomic E-state index is 8.95. The summed E-state index contributed by atoms with van der Waals surface area (Å²) >= 11 is 0. The molecule has 2 N–H and O–H groups in total. The summed E-state index contributed by atoms with van der Waals surface area (Å²) in [6, 6.07) is 5.22. The van der Waals surface area contributed by atoms with Crippen molar-refractivity contribution >= 4 is 0 Å². The van der Waals surface area contributed by atoms with Gasteiger partial charge in [-0.3, -0.25) is 0 Å². The Balaban J connectivity index is 1.48. The molecule has 1 aromatic heterocycles. The molecule has 4 nitrogen and oxygen atoms in total. The van der Waals surface area contributed by atoms with Crippen LogP contribution in [0.15, 0.2) is 16.5 Å². The second-order valence-corrected chi connectivity index (χ2v) is 5.46. The first-order valence-corrected chi connectivity index (χ1v) is 7.01. The van der Waals surface area contributed by atoms with Gasteiger partial charge in [-0.2, -0.15) is 0 Å². The van der Waals surface area contributed by atoms with E-state index in [4.69, 9.17) is 9.52 Å². The van der Waals surface area contributed by atoms with Crippen LogP contribution in [-0.2, 0) is 13.2 Å². The predicted octanol–water partition coefficient (Wildman–Crippen LogP) is 1.49. The van der Waals surface area contributed by atoms with Crippen LogP contribution in [0, 0.1) is 0 Å². The predicted molar refractivity (Wildman–Crippen MR) is 69.1 cm³/mol. The summed E-state index contributed by atoms with van der Waals surface area (Å²) in [4.78, 5) is 2.63. The molecule has 2 unspecified atom stereocenters. The first-order chi connectivity index (χ1) is 8.85. The zero-order chi connectivity index (χ0) is 12.4. The molecule has 0 radical (unpaired) electrons. The van der Waals surface area contributed by atoms with Crippen LogP contribution < -0.4 is 5.32 Å². The van der Waals surface area contributed by atoms with Crippen molar-refractivity contribution in [2.45, 2.75) is 50.9 Å². The van der Waals surface area contributed by atoms with Gasteiger partial charge in [0.1, 0.15) is 18.1 Å². The second kappa shape index (κ2) is 5.43. The highest BCUT2D eigenvalue weighted by Gasteiger charge is 2.31. The van der Waals surface area contributed by atoms with Gasteiger partial charge in [0.25, 0.3) is 0 Å². The molecule has 2 fully saturated rings. The molecule has 0 bridgehead atoms. The third-order valence-electron chi connectivity index (χ3n) is 4.26. The summed E-state index contributed by atoms with van der Waals surface area (Å²) in [6.45, 7) is 3.30. The van der Waals surface area contributed by atoms with E-state index in [1.807, 2.05) is 12.1 Å². The minimum atomic E-state index is -0.0134. The van der Waals surface area contributed by atoms with Crippen molar-refractivity contribution in [3.8, 4) is 0 Å². The molecule has 18 heavy (non-hydrogen) atoms. The SMILES string of the molecule is OCc1ccc(CNC2CCN3CCCC3C2)o1. The van der Waals surface area contributed by atoms with Gasteiger partial charge in [0.05, 0.1) is 6.54 Å². The fraction of sp³-hybridized carbons (Fsp3) is 0.714. The zero-order valence-corrected chi connectivity index (χ0v) is 10.8. The molecule has 1 aromatic rings. The minimum Gasteiger partial charge on any atom is -0.462 e. The Hall–Kier alpha value is -0.840. The van der Waals surface area contributed by atoms with E-state index < -0.39 is 0 Å². The van der Waals surface area contributed by atoms with E-state index in [-0.39, 0.29) is 6.61 Å². The van der Waals surface area contributed by atoms with Crippen LogP contribution >= 0.6 is 0 Å². The highest BCUT2D eigenvalue weighted by Crippen LogP contribution is 2.26. The third-order valence-corrected chi connectivity index (χ3v) is 4.26. The highest BCUT2D eigenvalue weighted by atomic mass is 16.4. The van der Waals surface area contributed by atoms with E-state index in [1.54, 1.807) is 0 Å². The second-order valence-electron chi connectivity index (χ2n) is 5.46. The van der Waals surface area contributed by atoms with E-state index in [1.165, 1.54) is 38.8 Å². The standard InChI is InChI=1S/C14H22N2O2/c17-10-14-4-3-13(18-14)9-15-11-5-7-16-6-1-2-12(16)8-11/h3-4,11-12,15,17H,1-2,5-10H2. The first-order valence-electron chi connectivity index (χ1n) is 7.01. The molecule has 0 spiro atoms. The van der Waals surface area contributed by atoms with Crippen LogP contribution in [0.1, 0.15) is 37.2 Å². The topological polar surface area (TPSA) is 48.6 Å². The Morgan fingerprint density at radius 3 is 3.00 bits per heavy atom. The number of hydrogen-bond acceptors (Lipinski definition) is 4. The number of piperidine rings is 1. The van der Waals surface area contributed by atoms with Gasteiger partial charge in [-0.25, -0.2) is 0 Å². The number of aliphatic hydroxyl groups is 1. The molecule has 100 valence electrons. The lowest BCUT2D eigenvalue weighted by molar-refractivity contribution is 0.165. The van der Waals surface area contributed by atoms with Crippen LogP contribution in [0.5, 0.6) is 0 Å². The smallest absolute Gasteiger partial charge is 0.129 e. The van der Waals surface area contributed by atoms with Crippen molar-refractivity contribution in [1.29, 1.82) is 0 Å². The van der Waals surface area contributed by atoms with Crippen LogP contribution in [0.2, 0.25) is 0 Å². The number of nitrogens with one attached hydrogen (secondary N) is 1. The van der Waals surface area contributed by atoms with Crippen molar-refractivity contribution in [2.24, 2.45) is 0 Å². The Morgan fingerprint density at radius 2 is 2.17 bits per heavy atom. The number of nitrogens with zero attached hydrogens (tertiary/aromatic N) is 1. The van der Waals surface area contributed by atoms with Crippen LogP contribution in [0.3, 0.4) is 0 Å².